The monoisotopic (exact) mass is 502 g/mol. The third-order valence-electron chi connectivity index (χ3n) is 4.82. The zero-order valence-corrected chi connectivity index (χ0v) is 20.6. The minimum Gasteiger partial charge on any atom is -0.490 e. The highest BCUT2D eigenvalue weighted by Crippen LogP contribution is 2.29. The molecule has 3 aromatic rings. The normalized spacial score (nSPS) is 11.0. The molecular formula is C25H27ClN2O5S. The van der Waals surface area contributed by atoms with Gasteiger partial charge < -0.3 is 14.8 Å². The molecule has 34 heavy (non-hydrogen) atoms. The fraction of sp³-hybridized carbons (Fsp3) is 0.240. The lowest BCUT2D eigenvalue weighted by Gasteiger charge is -2.12. The highest BCUT2D eigenvalue weighted by atomic mass is 35.5. The number of para-hydroxylation sites is 1. The quantitative estimate of drug-likeness (QED) is 0.360. The number of hydrogen-bond donors (Lipinski definition) is 2. The molecule has 180 valence electrons. The smallest absolute Gasteiger partial charge is 0.261 e. The van der Waals surface area contributed by atoms with E-state index in [4.69, 9.17) is 21.1 Å². The summed E-state index contributed by atoms with van der Waals surface area (Å²) in [5.41, 5.74) is 1.75. The standard InChI is InChI=1S/C25H27ClN2O5S/c1-3-32-23-15-9-18(17-24(23)33-4-2)10-16-25(29)27-19-11-13-20(14-12-19)34(30,31)28-22-8-6-5-7-21(22)26/h5-9,11-15,17,28H,3-4,10,16H2,1-2H3,(H,27,29). The van der Waals surface area contributed by atoms with Gasteiger partial charge in [0.1, 0.15) is 0 Å². The van der Waals surface area contributed by atoms with Crippen LogP contribution in [0.25, 0.3) is 0 Å². The van der Waals surface area contributed by atoms with Crippen LogP contribution >= 0.6 is 11.6 Å². The number of rotatable bonds is 11. The summed E-state index contributed by atoms with van der Waals surface area (Å²) in [4.78, 5) is 12.5. The first-order chi connectivity index (χ1) is 16.3. The van der Waals surface area contributed by atoms with E-state index in [0.29, 0.717) is 47.5 Å². The van der Waals surface area contributed by atoms with Crippen LogP contribution in [0, 0.1) is 0 Å². The average Bonchev–Trinajstić information content (AvgIpc) is 2.81. The predicted octanol–water partition coefficient (Wildman–Crippen LogP) is 5.51. The molecule has 0 unspecified atom stereocenters. The minimum absolute atomic E-state index is 0.0586. The molecule has 0 saturated heterocycles. The van der Waals surface area contributed by atoms with Crippen molar-refractivity contribution >= 4 is 38.9 Å². The predicted molar refractivity (Wildman–Crippen MR) is 134 cm³/mol. The molecule has 0 heterocycles. The number of halogens is 1. The molecule has 0 bridgehead atoms. The fourth-order valence-corrected chi connectivity index (χ4v) is 4.52. The van der Waals surface area contributed by atoms with Crippen LogP contribution < -0.4 is 19.5 Å². The van der Waals surface area contributed by atoms with Gasteiger partial charge in [-0.25, -0.2) is 8.42 Å². The van der Waals surface area contributed by atoms with Crippen LogP contribution in [-0.2, 0) is 21.2 Å². The Bertz CT molecular complexity index is 1230. The average molecular weight is 503 g/mol. The molecule has 0 radical (unpaired) electrons. The molecule has 0 saturated carbocycles. The highest BCUT2D eigenvalue weighted by Gasteiger charge is 2.16. The van der Waals surface area contributed by atoms with Gasteiger partial charge in [0.05, 0.1) is 28.8 Å². The molecule has 0 aromatic heterocycles. The number of aryl methyl sites for hydroxylation is 1. The van der Waals surface area contributed by atoms with Crippen LogP contribution in [0.1, 0.15) is 25.8 Å². The van der Waals surface area contributed by atoms with E-state index in [2.05, 4.69) is 10.0 Å². The molecule has 9 heteroatoms. The van der Waals surface area contributed by atoms with Gasteiger partial charge in [0.25, 0.3) is 10.0 Å². The number of nitrogens with one attached hydrogen (secondary N) is 2. The number of amides is 1. The van der Waals surface area contributed by atoms with Crippen molar-refractivity contribution in [3.05, 3.63) is 77.3 Å². The number of carbonyl (C=O) groups excluding carboxylic acids is 1. The molecule has 0 spiro atoms. The summed E-state index contributed by atoms with van der Waals surface area (Å²) >= 11 is 6.03. The number of sulfonamides is 1. The molecular weight excluding hydrogens is 476 g/mol. The van der Waals surface area contributed by atoms with E-state index in [1.54, 1.807) is 36.4 Å². The minimum atomic E-state index is -3.81. The molecule has 0 aliphatic heterocycles. The van der Waals surface area contributed by atoms with Gasteiger partial charge >= 0.3 is 0 Å². The second-order valence-electron chi connectivity index (χ2n) is 7.31. The summed E-state index contributed by atoms with van der Waals surface area (Å²) in [5, 5.41) is 3.09. The fourth-order valence-electron chi connectivity index (χ4n) is 3.20. The third-order valence-corrected chi connectivity index (χ3v) is 6.53. The van der Waals surface area contributed by atoms with Gasteiger partial charge in [-0.15, -0.1) is 0 Å². The Morgan fingerprint density at radius 1 is 0.912 bits per heavy atom. The molecule has 3 aromatic carbocycles. The molecule has 1 amide bonds. The highest BCUT2D eigenvalue weighted by molar-refractivity contribution is 7.92. The number of benzene rings is 3. The number of ether oxygens (including phenoxy) is 2. The first-order valence-electron chi connectivity index (χ1n) is 10.9. The van der Waals surface area contributed by atoms with Crippen molar-refractivity contribution in [3.63, 3.8) is 0 Å². The van der Waals surface area contributed by atoms with Crippen LogP contribution in [0.2, 0.25) is 5.02 Å². The Labute approximate surface area is 205 Å². The Balaban J connectivity index is 1.58. The molecule has 2 N–H and O–H groups in total. The largest absolute Gasteiger partial charge is 0.490 e. The van der Waals surface area contributed by atoms with Crippen molar-refractivity contribution in [3.8, 4) is 11.5 Å². The van der Waals surface area contributed by atoms with Gasteiger partial charge in [-0.2, -0.15) is 0 Å². The second kappa shape index (κ2) is 11.8. The first-order valence-corrected chi connectivity index (χ1v) is 12.7. The first kappa shape index (κ1) is 25.4. The summed E-state index contributed by atoms with van der Waals surface area (Å²) < 4.78 is 38.9. The van der Waals surface area contributed by atoms with Crippen molar-refractivity contribution in [1.82, 2.24) is 0 Å². The van der Waals surface area contributed by atoms with Crippen molar-refractivity contribution in [2.75, 3.05) is 23.3 Å². The summed E-state index contributed by atoms with van der Waals surface area (Å²) in [6.07, 6.45) is 0.778. The lowest BCUT2D eigenvalue weighted by atomic mass is 10.1. The van der Waals surface area contributed by atoms with E-state index >= 15 is 0 Å². The Kier molecular flexibility index (Phi) is 8.79. The topological polar surface area (TPSA) is 93.7 Å². The molecule has 0 atom stereocenters. The van der Waals surface area contributed by atoms with Crippen LogP contribution in [0.15, 0.2) is 71.6 Å². The van der Waals surface area contributed by atoms with E-state index in [1.165, 1.54) is 12.1 Å². The van der Waals surface area contributed by atoms with Gasteiger partial charge in [0, 0.05) is 12.1 Å². The van der Waals surface area contributed by atoms with E-state index in [0.717, 1.165) is 5.56 Å². The maximum Gasteiger partial charge on any atom is 0.261 e. The Morgan fingerprint density at radius 3 is 2.26 bits per heavy atom. The summed E-state index contributed by atoms with van der Waals surface area (Å²) in [6.45, 7) is 4.87. The molecule has 0 fully saturated rings. The molecule has 0 aliphatic rings. The summed E-state index contributed by atoms with van der Waals surface area (Å²) in [6, 6.07) is 18.2. The van der Waals surface area contributed by atoms with Crippen LogP contribution in [0.3, 0.4) is 0 Å². The van der Waals surface area contributed by atoms with Crippen LogP contribution in [-0.4, -0.2) is 27.5 Å². The zero-order valence-electron chi connectivity index (χ0n) is 19.0. The Morgan fingerprint density at radius 2 is 1.59 bits per heavy atom. The third kappa shape index (κ3) is 6.88. The van der Waals surface area contributed by atoms with Gasteiger partial charge in [0.2, 0.25) is 5.91 Å². The van der Waals surface area contributed by atoms with Gasteiger partial charge in [0.15, 0.2) is 11.5 Å². The van der Waals surface area contributed by atoms with Crippen molar-refractivity contribution in [2.24, 2.45) is 0 Å². The van der Waals surface area contributed by atoms with E-state index in [9.17, 15) is 13.2 Å². The molecule has 3 rings (SSSR count). The van der Waals surface area contributed by atoms with Crippen molar-refractivity contribution in [2.45, 2.75) is 31.6 Å². The maximum absolute atomic E-state index is 12.6. The van der Waals surface area contributed by atoms with Gasteiger partial charge in [-0.05, 0) is 74.4 Å². The number of carbonyl (C=O) groups is 1. The number of hydrogen-bond acceptors (Lipinski definition) is 5. The lowest BCUT2D eigenvalue weighted by Crippen LogP contribution is -2.14. The van der Waals surface area contributed by atoms with Gasteiger partial charge in [-0.3, -0.25) is 9.52 Å². The van der Waals surface area contributed by atoms with E-state index < -0.39 is 10.0 Å². The summed E-state index contributed by atoms with van der Waals surface area (Å²) in [5.74, 6) is 1.15. The van der Waals surface area contributed by atoms with Crippen molar-refractivity contribution < 1.29 is 22.7 Å². The van der Waals surface area contributed by atoms with Crippen LogP contribution in [0.4, 0.5) is 11.4 Å². The molecule has 7 nitrogen and oxygen atoms in total. The van der Waals surface area contributed by atoms with E-state index in [-0.39, 0.29) is 17.2 Å². The SMILES string of the molecule is CCOc1ccc(CCC(=O)Nc2ccc(S(=O)(=O)Nc3ccccc3Cl)cc2)cc1OCC. The van der Waals surface area contributed by atoms with E-state index in [1.807, 2.05) is 32.0 Å². The van der Waals surface area contributed by atoms with Crippen molar-refractivity contribution in [1.29, 1.82) is 0 Å². The Hall–Kier alpha value is -3.23. The van der Waals surface area contributed by atoms with Crippen LogP contribution in [0.5, 0.6) is 11.5 Å². The number of anilines is 2. The zero-order chi connectivity index (χ0) is 24.6. The van der Waals surface area contributed by atoms with Gasteiger partial charge in [-0.1, -0.05) is 29.8 Å². The maximum atomic E-state index is 12.6. The molecule has 0 aliphatic carbocycles. The lowest BCUT2D eigenvalue weighted by molar-refractivity contribution is -0.116. The second-order valence-corrected chi connectivity index (χ2v) is 9.39. The summed E-state index contributed by atoms with van der Waals surface area (Å²) in [7, 11) is -3.81.